The number of carbonyl (C=O) groups is 2. The zero-order valence-corrected chi connectivity index (χ0v) is 14.7. The van der Waals surface area contributed by atoms with Crippen LogP contribution in [0, 0.1) is 0 Å². The third kappa shape index (κ3) is 4.22. The fraction of sp³-hybridized carbons (Fsp3) is 0.389. The lowest BCUT2D eigenvalue weighted by Crippen LogP contribution is -2.25. The van der Waals surface area contributed by atoms with Crippen molar-refractivity contribution in [1.82, 2.24) is 14.9 Å². The lowest BCUT2D eigenvalue weighted by molar-refractivity contribution is -0.137. The smallest absolute Gasteiger partial charge is 0.303 e. The van der Waals surface area contributed by atoms with Crippen LogP contribution in [0.4, 0.5) is 0 Å². The van der Waals surface area contributed by atoms with Crippen molar-refractivity contribution in [3.8, 4) is 11.3 Å². The van der Waals surface area contributed by atoms with E-state index in [1.165, 1.54) is 0 Å². The fourth-order valence-corrected chi connectivity index (χ4v) is 4.02. The van der Waals surface area contributed by atoms with E-state index in [9.17, 15) is 9.59 Å². The molecule has 132 valence electrons. The summed E-state index contributed by atoms with van der Waals surface area (Å²) in [6.45, 7) is 0.568. The summed E-state index contributed by atoms with van der Waals surface area (Å²) in [6.07, 6.45) is 5.98. The molecular formula is C18H21N3O3S. The van der Waals surface area contributed by atoms with Crippen molar-refractivity contribution in [2.24, 2.45) is 0 Å². The maximum Gasteiger partial charge on any atom is 0.303 e. The van der Waals surface area contributed by atoms with Crippen LogP contribution in [0.1, 0.15) is 41.7 Å². The van der Waals surface area contributed by atoms with E-state index in [2.05, 4.69) is 14.9 Å². The summed E-state index contributed by atoms with van der Waals surface area (Å²) in [4.78, 5) is 27.2. The summed E-state index contributed by atoms with van der Waals surface area (Å²) < 4.78 is 2.18. The molecule has 3 heterocycles. The van der Waals surface area contributed by atoms with Crippen LogP contribution < -0.4 is 5.32 Å². The molecule has 0 saturated heterocycles. The van der Waals surface area contributed by atoms with Gasteiger partial charge in [-0.2, -0.15) is 0 Å². The van der Waals surface area contributed by atoms with Gasteiger partial charge in [0, 0.05) is 42.4 Å². The molecule has 0 radical (unpaired) electrons. The van der Waals surface area contributed by atoms with Crippen molar-refractivity contribution in [1.29, 1.82) is 0 Å². The van der Waals surface area contributed by atoms with E-state index in [0.29, 0.717) is 13.0 Å². The molecule has 1 amide bonds. The number of thioether (sulfide) groups is 1. The Morgan fingerprint density at radius 1 is 1.32 bits per heavy atom. The average Bonchev–Trinajstić information content (AvgIpc) is 3.20. The maximum absolute atomic E-state index is 12.5. The zero-order valence-electron chi connectivity index (χ0n) is 13.9. The molecule has 0 unspecified atom stereocenters. The molecule has 0 atom stereocenters. The number of carboxylic acid groups (broad SMARTS) is 1. The number of hydrogen-bond acceptors (Lipinski definition) is 4. The van der Waals surface area contributed by atoms with Gasteiger partial charge in [-0.15, -0.1) is 11.8 Å². The molecule has 6 nitrogen and oxygen atoms in total. The van der Waals surface area contributed by atoms with Crippen LogP contribution in [0.5, 0.6) is 0 Å². The number of rotatable bonds is 8. The Hall–Kier alpha value is -2.28. The van der Waals surface area contributed by atoms with E-state index in [1.54, 1.807) is 18.0 Å². The molecule has 3 rings (SSSR count). The highest BCUT2D eigenvalue weighted by Crippen LogP contribution is 2.34. The summed E-state index contributed by atoms with van der Waals surface area (Å²) >= 11 is 1.79. The molecule has 0 bridgehead atoms. The van der Waals surface area contributed by atoms with Crippen LogP contribution in [0.3, 0.4) is 0 Å². The standard InChI is InChI=1S/C18H21N3O3S/c22-17(23)6-2-1-3-8-20-18(24)14-9-15(13-5-4-7-19-10-13)21-12-25-11-16(14)21/h4-5,7,9-10H,1-3,6,8,11-12H2,(H,20,24)(H,22,23). The Bertz CT molecular complexity index is 758. The van der Waals surface area contributed by atoms with Crippen molar-refractivity contribution in [3.63, 3.8) is 0 Å². The van der Waals surface area contributed by atoms with E-state index in [1.807, 2.05) is 24.4 Å². The summed E-state index contributed by atoms with van der Waals surface area (Å²) in [5.74, 6) is 0.859. The molecule has 2 aromatic heterocycles. The van der Waals surface area contributed by atoms with Crippen molar-refractivity contribution < 1.29 is 14.7 Å². The molecule has 0 aromatic carbocycles. The second-order valence-corrected chi connectivity index (χ2v) is 6.95. The topological polar surface area (TPSA) is 84.2 Å². The second-order valence-electron chi connectivity index (χ2n) is 6.00. The second kappa shape index (κ2) is 8.20. The number of fused-ring (bicyclic) bond motifs is 1. The number of carbonyl (C=O) groups excluding carboxylic acids is 1. The third-order valence-corrected chi connectivity index (χ3v) is 5.14. The largest absolute Gasteiger partial charge is 0.481 e. The third-order valence-electron chi connectivity index (χ3n) is 4.22. The number of nitrogens with one attached hydrogen (secondary N) is 1. The molecule has 0 spiro atoms. The predicted octanol–water partition coefficient (Wildman–Crippen LogP) is 3.13. The van der Waals surface area contributed by atoms with Crippen LogP contribution in [-0.4, -0.2) is 33.1 Å². The summed E-state index contributed by atoms with van der Waals surface area (Å²) in [5, 5.41) is 11.6. The lowest BCUT2D eigenvalue weighted by atomic mass is 10.1. The monoisotopic (exact) mass is 359 g/mol. The summed E-state index contributed by atoms with van der Waals surface area (Å²) in [5.41, 5.74) is 3.83. The number of aliphatic carboxylic acids is 1. The lowest BCUT2D eigenvalue weighted by Gasteiger charge is -2.05. The van der Waals surface area contributed by atoms with Gasteiger partial charge in [-0.05, 0) is 31.0 Å². The molecule has 2 N–H and O–H groups in total. The van der Waals surface area contributed by atoms with Crippen LogP contribution in [-0.2, 0) is 16.4 Å². The number of hydrogen-bond donors (Lipinski definition) is 2. The van der Waals surface area contributed by atoms with Crippen molar-refractivity contribution in [2.45, 2.75) is 37.3 Å². The first-order valence-electron chi connectivity index (χ1n) is 8.37. The first-order chi connectivity index (χ1) is 12.2. The molecule has 1 aliphatic rings. The minimum absolute atomic E-state index is 0.0559. The first kappa shape index (κ1) is 17.5. The minimum atomic E-state index is -0.770. The SMILES string of the molecule is O=C(O)CCCCCNC(=O)c1cc(-c2cccnc2)n2c1CSC2. The van der Waals surface area contributed by atoms with E-state index >= 15 is 0 Å². The zero-order chi connectivity index (χ0) is 17.6. The Labute approximate surface area is 150 Å². The number of unbranched alkanes of at least 4 members (excludes halogenated alkanes) is 2. The van der Waals surface area contributed by atoms with Gasteiger partial charge in [0.2, 0.25) is 0 Å². The molecular weight excluding hydrogens is 338 g/mol. The molecule has 2 aromatic rings. The van der Waals surface area contributed by atoms with E-state index in [-0.39, 0.29) is 12.3 Å². The Morgan fingerprint density at radius 2 is 2.20 bits per heavy atom. The number of pyridine rings is 1. The Kier molecular flexibility index (Phi) is 5.75. The Morgan fingerprint density at radius 3 is 2.96 bits per heavy atom. The molecule has 1 aliphatic heterocycles. The van der Waals surface area contributed by atoms with Crippen molar-refractivity contribution in [3.05, 3.63) is 41.9 Å². The number of amides is 1. The quantitative estimate of drug-likeness (QED) is 0.708. The van der Waals surface area contributed by atoms with Gasteiger partial charge in [0.05, 0.1) is 17.1 Å². The fourth-order valence-electron chi connectivity index (χ4n) is 2.95. The van der Waals surface area contributed by atoms with Gasteiger partial charge in [0.15, 0.2) is 0 Å². The number of nitrogens with zero attached hydrogens (tertiary/aromatic N) is 2. The van der Waals surface area contributed by atoms with Crippen LogP contribution >= 0.6 is 11.8 Å². The van der Waals surface area contributed by atoms with E-state index < -0.39 is 5.97 Å². The van der Waals surface area contributed by atoms with E-state index in [0.717, 1.165) is 47.0 Å². The molecule has 7 heteroatoms. The van der Waals surface area contributed by atoms with E-state index in [4.69, 9.17) is 5.11 Å². The molecule has 0 fully saturated rings. The van der Waals surface area contributed by atoms with Gasteiger partial charge in [0.1, 0.15) is 0 Å². The van der Waals surface area contributed by atoms with Gasteiger partial charge in [-0.3, -0.25) is 14.6 Å². The van der Waals surface area contributed by atoms with Gasteiger partial charge in [0.25, 0.3) is 5.91 Å². The van der Waals surface area contributed by atoms with Crippen molar-refractivity contribution >= 4 is 23.6 Å². The predicted molar refractivity (Wildman–Crippen MR) is 97.4 cm³/mol. The van der Waals surface area contributed by atoms with Gasteiger partial charge in [-0.25, -0.2) is 0 Å². The van der Waals surface area contributed by atoms with Gasteiger partial charge < -0.3 is 15.0 Å². The first-order valence-corrected chi connectivity index (χ1v) is 9.53. The highest BCUT2D eigenvalue weighted by atomic mass is 32.2. The number of aromatic nitrogens is 2. The molecule has 0 saturated carbocycles. The number of carboxylic acids is 1. The minimum Gasteiger partial charge on any atom is -0.481 e. The van der Waals surface area contributed by atoms with Gasteiger partial charge in [-0.1, -0.05) is 6.42 Å². The van der Waals surface area contributed by atoms with Crippen molar-refractivity contribution in [2.75, 3.05) is 6.54 Å². The Balaban J connectivity index is 1.63. The van der Waals surface area contributed by atoms with Crippen LogP contribution in [0.25, 0.3) is 11.3 Å². The van der Waals surface area contributed by atoms with Gasteiger partial charge >= 0.3 is 5.97 Å². The van der Waals surface area contributed by atoms with Crippen LogP contribution in [0.2, 0.25) is 0 Å². The summed E-state index contributed by atoms with van der Waals surface area (Å²) in [7, 11) is 0. The van der Waals surface area contributed by atoms with Crippen LogP contribution in [0.15, 0.2) is 30.6 Å². The normalized spacial score (nSPS) is 12.8. The molecule has 25 heavy (non-hydrogen) atoms. The average molecular weight is 359 g/mol. The molecule has 0 aliphatic carbocycles. The highest BCUT2D eigenvalue weighted by molar-refractivity contribution is 7.97. The highest BCUT2D eigenvalue weighted by Gasteiger charge is 2.24. The summed E-state index contributed by atoms with van der Waals surface area (Å²) in [6, 6.07) is 5.85. The maximum atomic E-state index is 12.5.